The minimum atomic E-state index is -3.47. The second-order valence-electron chi connectivity index (χ2n) is 7.25. The maximum Gasteiger partial charge on any atom is 0.393 e. The van der Waals surface area contributed by atoms with E-state index in [4.69, 9.17) is 19.5 Å². The highest BCUT2D eigenvalue weighted by Crippen LogP contribution is 2.64. The molecule has 0 fully saturated rings. The van der Waals surface area contributed by atoms with E-state index < -0.39 is 29.5 Å². The molecule has 0 spiro atoms. The molecule has 0 aliphatic rings. The van der Waals surface area contributed by atoms with Crippen LogP contribution in [-0.4, -0.2) is 28.6 Å². The summed E-state index contributed by atoms with van der Waals surface area (Å²) in [6, 6.07) is 0. The van der Waals surface area contributed by atoms with Crippen molar-refractivity contribution in [3.63, 3.8) is 0 Å². The van der Waals surface area contributed by atoms with Crippen molar-refractivity contribution in [1.82, 2.24) is 0 Å². The van der Waals surface area contributed by atoms with Gasteiger partial charge in [0, 0.05) is 11.4 Å². The van der Waals surface area contributed by atoms with E-state index in [2.05, 4.69) is 0 Å². The molecule has 126 valence electrons. The van der Waals surface area contributed by atoms with Crippen molar-refractivity contribution in [2.24, 2.45) is 5.73 Å². The molecule has 0 saturated carbocycles. The molecule has 0 amide bonds. The fourth-order valence-corrected chi connectivity index (χ4v) is 5.05. The molecule has 0 saturated heterocycles. The molecule has 0 radical (unpaired) electrons. The first-order valence-electron chi connectivity index (χ1n) is 6.66. The standard InChI is InChI=1S/C13H28NO5PS/c1-11(2,3)18-20(16,19-12(4,5)6)21-9-17-10(15)13(7,8)14/h9,14H2,1-8H3. The smallest absolute Gasteiger partial charge is 0.393 e. The van der Waals surface area contributed by atoms with Crippen LogP contribution in [0.3, 0.4) is 0 Å². The topological polar surface area (TPSA) is 87.9 Å². The van der Waals surface area contributed by atoms with Crippen molar-refractivity contribution in [3.8, 4) is 0 Å². The minimum Gasteiger partial charge on any atom is -0.453 e. The van der Waals surface area contributed by atoms with Crippen LogP contribution in [0, 0.1) is 0 Å². The van der Waals surface area contributed by atoms with Gasteiger partial charge in [0.2, 0.25) is 0 Å². The highest BCUT2D eigenvalue weighted by molar-refractivity contribution is 8.55. The second-order valence-corrected chi connectivity index (χ2v) is 11.1. The lowest BCUT2D eigenvalue weighted by molar-refractivity contribution is -0.146. The van der Waals surface area contributed by atoms with Gasteiger partial charge >= 0.3 is 12.8 Å². The van der Waals surface area contributed by atoms with Crippen LogP contribution >= 0.6 is 18.2 Å². The zero-order chi connectivity index (χ0) is 17.1. The van der Waals surface area contributed by atoms with Crippen molar-refractivity contribution >= 4 is 24.1 Å². The lowest BCUT2D eigenvalue weighted by Gasteiger charge is -2.31. The highest BCUT2D eigenvalue weighted by atomic mass is 32.7. The predicted molar refractivity (Wildman–Crippen MR) is 86.1 cm³/mol. The van der Waals surface area contributed by atoms with Crippen molar-refractivity contribution in [2.75, 3.05) is 5.94 Å². The van der Waals surface area contributed by atoms with Crippen molar-refractivity contribution in [1.29, 1.82) is 0 Å². The van der Waals surface area contributed by atoms with Gasteiger partial charge in [0.25, 0.3) is 0 Å². The van der Waals surface area contributed by atoms with Gasteiger partial charge < -0.3 is 10.5 Å². The molecule has 0 heterocycles. The molecule has 6 nitrogen and oxygen atoms in total. The first-order valence-corrected chi connectivity index (χ1v) is 9.80. The Hall–Kier alpha value is -0.0700. The van der Waals surface area contributed by atoms with Crippen LogP contribution < -0.4 is 5.73 Å². The van der Waals surface area contributed by atoms with Crippen LogP contribution in [-0.2, 0) is 23.1 Å². The third-order valence-corrected chi connectivity index (χ3v) is 5.49. The number of hydrogen-bond acceptors (Lipinski definition) is 7. The molecule has 21 heavy (non-hydrogen) atoms. The first-order chi connectivity index (χ1) is 9.04. The van der Waals surface area contributed by atoms with Crippen molar-refractivity contribution < 1.29 is 23.1 Å². The van der Waals surface area contributed by atoms with Crippen LogP contribution in [0.1, 0.15) is 55.4 Å². The van der Waals surface area contributed by atoms with E-state index in [1.165, 1.54) is 13.8 Å². The Morgan fingerprint density at radius 3 is 1.67 bits per heavy atom. The lowest BCUT2D eigenvalue weighted by Crippen LogP contribution is -2.42. The van der Waals surface area contributed by atoms with Gasteiger partial charge in [0.15, 0.2) is 0 Å². The summed E-state index contributed by atoms with van der Waals surface area (Å²) in [4.78, 5) is 11.6. The van der Waals surface area contributed by atoms with Gasteiger partial charge in [0.05, 0.1) is 11.2 Å². The zero-order valence-electron chi connectivity index (χ0n) is 14.2. The summed E-state index contributed by atoms with van der Waals surface area (Å²) in [5, 5.41) is 0. The quantitative estimate of drug-likeness (QED) is 0.448. The fourth-order valence-electron chi connectivity index (χ4n) is 1.07. The van der Waals surface area contributed by atoms with Crippen LogP contribution in [0.2, 0.25) is 0 Å². The fraction of sp³-hybridized carbons (Fsp3) is 0.923. The monoisotopic (exact) mass is 341 g/mol. The van der Waals surface area contributed by atoms with Gasteiger partial charge in [-0.3, -0.25) is 13.8 Å². The number of carbonyl (C=O) groups is 1. The Labute approximate surface area is 131 Å². The Kier molecular flexibility index (Phi) is 6.98. The molecule has 2 N–H and O–H groups in total. The first kappa shape index (κ1) is 20.9. The molecule has 0 aliphatic heterocycles. The number of esters is 1. The molecule has 0 unspecified atom stereocenters. The summed E-state index contributed by atoms with van der Waals surface area (Å²) in [6.45, 7) is 10.3. The van der Waals surface area contributed by atoms with E-state index in [0.29, 0.717) is 0 Å². The van der Waals surface area contributed by atoms with Gasteiger partial charge in [-0.2, -0.15) is 0 Å². The molecule has 8 heteroatoms. The van der Waals surface area contributed by atoms with E-state index in [1.54, 1.807) is 41.5 Å². The van der Waals surface area contributed by atoms with Gasteiger partial charge in [-0.15, -0.1) is 0 Å². The van der Waals surface area contributed by atoms with Crippen molar-refractivity contribution in [3.05, 3.63) is 0 Å². The summed E-state index contributed by atoms with van der Waals surface area (Å²) in [7, 11) is 0. The average molecular weight is 341 g/mol. The summed E-state index contributed by atoms with van der Waals surface area (Å²) >= 11 is 0.835. The number of ether oxygens (including phenoxy) is 1. The second kappa shape index (κ2) is 7.01. The maximum absolute atomic E-state index is 12.8. The normalized spacial score (nSPS) is 14.1. The summed E-state index contributed by atoms with van der Waals surface area (Å²) < 4.78 is 28.9. The molecule has 0 bridgehead atoms. The van der Waals surface area contributed by atoms with Gasteiger partial charge in [-0.05, 0) is 55.4 Å². The molecule has 0 aromatic carbocycles. The van der Waals surface area contributed by atoms with Gasteiger partial charge in [0.1, 0.15) is 11.5 Å². The minimum absolute atomic E-state index is 0.150. The Balaban J connectivity index is 4.78. The number of nitrogens with two attached hydrogens (primary N) is 1. The third-order valence-electron chi connectivity index (χ3n) is 1.70. The predicted octanol–water partition coefficient (Wildman–Crippen LogP) is 3.70. The molecule has 0 aliphatic carbocycles. The number of hydrogen-bond donors (Lipinski definition) is 1. The average Bonchev–Trinajstić information content (AvgIpc) is 2.08. The molecule has 0 aromatic heterocycles. The van der Waals surface area contributed by atoms with E-state index >= 15 is 0 Å². The van der Waals surface area contributed by atoms with Crippen LogP contribution in [0.5, 0.6) is 0 Å². The molecular formula is C13H28NO5PS. The Bertz CT molecular complexity index is 386. The Morgan fingerprint density at radius 2 is 1.38 bits per heavy atom. The van der Waals surface area contributed by atoms with Gasteiger partial charge in [-0.1, -0.05) is 0 Å². The summed E-state index contributed by atoms with van der Waals surface area (Å²) in [5.74, 6) is -0.726. The summed E-state index contributed by atoms with van der Waals surface area (Å²) in [6.07, 6.45) is 0. The van der Waals surface area contributed by atoms with Crippen LogP contribution in [0.25, 0.3) is 0 Å². The maximum atomic E-state index is 12.8. The molecule has 0 atom stereocenters. The largest absolute Gasteiger partial charge is 0.453 e. The van der Waals surface area contributed by atoms with Gasteiger partial charge in [-0.25, -0.2) is 4.57 Å². The van der Waals surface area contributed by atoms with Crippen molar-refractivity contribution in [2.45, 2.75) is 72.1 Å². The SMILES string of the molecule is CC(C)(C)OP(=O)(OC(C)(C)C)SCOC(=O)C(C)(C)N. The van der Waals surface area contributed by atoms with Crippen LogP contribution in [0.4, 0.5) is 0 Å². The van der Waals surface area contributed by atoms with E-state index in [0.717, 1.165) is 11.4 Å². The van der Waals surface area contributed by atoms with Crippen LogP contribution in [0.15, 0.2) is 0 Å². The zero-order valence-corrected chi connectivity index (χ0v) is 15.9. The molecular weight excluding hydrogens is 313 g/mol. The van der Waals surface area contributed by atoms with E-state index in [-0.39, 0.29) is 5.94 Å². The number of rotatable bonds is 6. The molecule has 0 aromatic rings. The van der Waals surface area contributed by atoms with E-state index in [1.807, 2.05) is 0 Å². The third kappa shape index (κ3) is 10.3. The number of carbonyl (C=O) groups excluding carboxylic acids is 1. The molecule has 0 rings (SSSR count). The Morgan fingerprint density at radius 1 is 1.00 bits per heavy atom. The lowest BCUT2D eigenvalue weighted by atomic mass is 10.1. The highest BCUT2D eigenvalue weighted by Gasteiger charge is 2.37. The van der Waals surface area contributed by atoms with E-state index in [9.17, 15) is 9.36 Å². The summed E-state index contributed by atoms with van der Waals surface area (Å²) in [5.41, 5.74) is 3.22.